The number of hydrogen-bond donors (Lipinski definition) is 1. The maximum Gasteiger partial charge on any atom is 0.245 e. The molecule has 0 aromatic heterocycles. The summed E-state index contributed by atoms with van der Waals surface area (Å²) in [5.74, 6) is 0.627. The molecule has 0 aromatic rings. The Morgan fingerprint density at radius 2 is 2.05 bits per heavy atom. The second-order valence-corrected chi connectivity index (χ2v) is 5.93. The molecule has 2 saturated heterocycles. The molecule has 4 atom stereocenters. The molecular formula is C14H22N2O3. The lowest BCUT2D eigenvalue weighted by molar-refractivity contribution is -0.153. The number of nitrogens with zero attached hydrogens (tertiary/aromatic N) is 1. The Bertz CT molecular complexity index is 394. The molecule has 2 amide bonds. The quantitative estimate of drug-likeness (QED) is 0.817. The van der Waals surface area contributed by atoms with Crippen molar-refractivity contribution in [3.05, 3.63) is 0 Å². The van der Waals surface area contributed by atoms with Gasteiger partial charge >= 0.3 is 0 Å². The molecule has 2 heterocycles. The first kappa shape index (κ1) is 12.9. The van der Waals surface area contributed by atoms with Crippen LogP contribution in [0.25, 0.3) is 0 Å². The van der Waals surface area contributed by atoms with Gasteiger partial charge in [-0.15, -0.1) is 0 Å². The first-order valence-electron chi connectivity index (χ1n) is 7.37. The summed E-state index contributed by atoms with van der Waals surface area (Å²) in [4.78, 5) is 26.4. The van der Waals surface area contributed by atoms with E-state index in [-0.39, 0.29) is 30.0 Å². The molecule has 0 aromatic carbocycles. The van der Waals surface area contributed by atoms with Gasteiger partial charge in [0, 0.05) is 6.61 Å². The fourth-order valence-electron chi connectivity index (χ4n) is 3.42. The Hall–Kier alpha value is -1.10. The normalized spacial score (nSPS) is 39.6. The fourth-order valence-corrected chi connectivity index (χ4v) is 3.42. The highest BCUT2D eigenvalue weighted by molar-refractivity contribution is 5.96. The second-order valence-electron chi connectivity index (χ2n) is 5.93. The van der Waals surface area contributed by atoms with Crippen molar-refractivity contribution in [3.63, 3.8) is 0 Å². The monoisotopic (exact) mass is 266 g/mol. The molecule has 2 aliphatic heterocycles. The number of piperazine rings is 1. The van der Waals surface area contributed by atoms with Gasteiger partial charge in [-0.25, -0.2) is 0 Å². The van der Waals surface area contributed by atoms with E-state index >= 15 is 0 Å². The van der Waals surface area contributed by atoms with Crippen molar-refractivity contribution in [2.75, 3.05) is 6.61 Å². The van der Waals surface area contributed by atoms with E-state index in [1.807, 2.05) is 11.8 Å². The Balaban J connectivity index is 1.85. The summed E-state index contributed by atoms with van der Waals surface area (Å²) < 4.78 is 5.83. The van der Waals surface area contributed by atoms with Crippen molar-refractivity contribution in [2.24, 2.45) is 5.92 Å². The number of carbonyl (C=O) groups is 2. The van der Waals surface area contributed by atoms with E-state index in [0.29, 0.717) is 18.9 Å². The van der Waals surface area contributed by atoms with E-state index in [9.17, 15) is 9.59 Å². The van der Waals surface area contributed by atoms with Crippen molar-refractivity contribution >= 4 is 11.8 Å². The summed E-state index contributed by atoms with van der Waals surface area (Å²) in [6.07, 6.45) is 4.07. The van der Waals surface area contributed by atoms with Gasteiger partial charge in [0.15, 0.2) is 0 Å². The molecule has 0 radical (unpaired) electrons. The molecule has 5 nitrogen and oxygen atoms in total. The number of amides is 2. The van der Waals surface area contributed by atoms with Gasteiger partial charge in [-0.3, -0.25) is 9.59 Å². The summed E-state index contributed by atoms with van der Waals surface area (Å²) in [5, 5.41) is 2.77. The molecule has 1 aliphatic carbocycles. The van der Waals surface area contributed by atoms with E-state index in [1.54, 1.807) is 6.92 Å². The molecule has 5 heteroatoms. The van der Waals surface area contributed by atoms with E-state index in [1.165, 1.54) is 12.8 Å². The maximum atomic E-state index is 12.5. The molecule has 3 rings (SSSR count). The summed E-state index contributed by atoms with van der Waals surface area (Å²) in [7, 11) is 0. The highest BCUT2D eigenvalue weighted by Gasteiger charge is 2.49. The van der Waals surface area contributed by atoms with Crippen molar-refractivity contribution in [3.8, 4) is 0 Å². The van der Waals surface area contributed by atoms with Gasteiger partial charge in [-0.05, 0) is 38.5 Å². The zero-order valence-electron chi connectivity index (χ0n) is 11.6. The standard InChI is InChI=1S/C14H22N2O3/c1-3-10-13(17)15-8(2)14(18)16(10)11-6-7-19-12(11)9-4-5-9/h8-12H,3-7H2,1-2H3,(H,15,17). The van der Waals surface area contributed by atoms with E-state index in [4.69, 9.17) is 4.74 Å². The molecule has 3 fully saturated rings. The first-order chi connectivity index (χ1) is 9.13. The van der Waals surface area contributed by atoms with Crippen LogP contribution in [0.1, 0.15) is 39.5 Å². The predicted octanol–water partition coefficient (Wildman–Crippen LogP) is 0.679. The summed E-state index contributed by atoms with van der Waals surface area (Å²) >= 11 is 0. The van der Waals surface area contributed by atoms with E-state index in [0.717, 1.165) is 6.42 Å². The van der Waals surface area contributed by atoms with Gasteiger partial charge in [0.2, 0.25) is 11.8 Å². The number of ether oxygens (including phenoxy) is 1. The molecule has 0 spiro atoms. The third-order valence-corrected chi connectivity index (χ3v) is 4.56. The lowest BCUT2D eigenvalue weighted by atomic mass is 9.97. The van der Waals surface area contributed by atoms with Gasteiger partial charge in [-0.1, -0.05) is 6.92 Å². The topological polar surface area (TPSA) is 58.6 Å². The number of nitrogens with one attached hydrogen (secondary N) is 1. The van der Waals surface area contributed by atoms with Crippen LogP contribution in [0.2, 0.25) is 0 Å². The zero-order valence-corrected chi connectivity index (χ0v) is 11.6. The molecule has 1 N–H and O–H groups in total. The molecule has 19 heavy (non-hydrogen) atoms. The highest BCUT2D eigenvalue weighted by atomic mass is 16.5. The SMILES string of the molecule is CCC1C(=O)NC(C)C(=O)N1C1CCOC1C1CC1. The van der Waals surface area contributed by atoms with Crippen LogP contribution in [-0.2, 0) is 14.3 Å². The van der Waals surface area contributed by atoms with Crippen molar-refractivity contribution in [2.45, 2.75) is 63.8 Å². The maximum absolute atomic E-state index is 12.5. The Kier molecular flexibility index (Phi) is 3.25. The lowest BCUT2D eigenvalue weighted by Gasteiger charge is -2.42. The third kappa shape index (κ3) is 2.14. The molecule has 4 unspecified atom stereocenters. The predicted molar refractivity (Wildman–Crippen MR) is 69.4 cm³/mol. The van der Waals surface area contributed by atoms with Gasteiger partial charge in [0.25, 0.3) is 0 Å². The van der Waals surface area contributed by atoms with Gasteiger partial charge in [0.1, 0.15) is 12.1 Å². The fraction of sp³-hybridized carbons (Fsp3) is 0.857. The van der Waals surface area contributed by atoms with Crippen molar-refractivity contribution in [1.29, 1.82) is 0 Å². The smallest absolute Gasteiger partial charge is 0.245 e. The largest absolute Gasteiger partial charge is 0.376 e. The minimum absolute atomic E-state index is 0.0175. The first-order valence-corrected chi connectivity index (χ1v) is 7.37. The minimum Gasteiger partial charge on any atom is -0.376 e. The van der Waals surface area contributed by atoms with Crippen LogP contribution in [0, 0.1) is 5.92 Å². The van der Waals surface area contributed by atoms with Crippen molar-refractivity contribution < 1.29 is 14.3 Å². The Morgan fingerprint density at radius 1 is 1.32 bits per heavy atom. The third-order valence-electron chi connectivity index (χ3n) is 4.56. The summed E-state index contributed by atoms with van der Waals surface area (Å²) in [6.45, 7) is 4.44. The molecular weight excluding hydrogens is 244 g/mol. The van der Waals surface area contributed by atoms with Crippen LogP contribution in [-0.4, -0.2) is 47.6 Å². The average Bonchev–Trinajstić information content (AvgIpc) is 3.12. The molecule has 0 bridgehead atoms. The van der Waals surface area contributed by atoms with Crippen LogP contribution in [0.4, 0.5) is 0 Å². The van der Waals surface area contributed by atoms with Crippen LogP contribution < -0.4 is 5.32 Å². The van der Waals surface area contributed by atoms with Gasteiger partial charge in [-0.2, -0.15) is 0 Å². The van der Waals surface area contributed by atoms with Crippen LogP contribution >= 0.6 is 0 Å². The average molecular weight is 266 g/mol. The van der Waals surface area contributed by atoms with Crippen LogP contribution in [0.5, 0.6) is 0 Å². The second kappa shape index (κ2) is 4.78. The minimum atomic E-state index is -0.407. The van der Waals surface area contributed by atoms with Crippen molar-refractivity contribution in [1.82, 2.24) is 10.2 Å². The zero-order chi connectivity index (χ0) is 13.6. The molecule has 1 saturated carbocycles. The van der Waals surface area contributed by atoms with Gasteiger partial charge in [0.05, 0.1) is 12.1 Å². The molecule has 106 valence electrons. The number of carbonyl (C=O) groups excluding carboxylic acids is 2. The molecule has 3 aliphatic rings. The van der Waals surface area contributed by atoms with Crippen LogP contribution in [0.15, 0.2) is 0 Å². The number of rotatable bonds is 3. The summed E-state index contributed by atoms with van der Waals surface area (Å²) in [5.41, 5.74) is 0. The number of hydrogen-bond acceptors (Lipinski definition) is 3. The highest BCUT2D eigenvalue weighted by Crippen LogP contribution is 2.41. The van der Waals surface area contributed by atoms with Crippen LogP contribution in [0.3, 0.4) is 0 Å². The van der Waals surface area contributed by atoms with Gasteiger partial charge < -0.3 is 15.0 Å². The van der Waals surface area contributed by atoms with E-state index < -0.39 is 6.04 Å². The Morgan fingerprint density at radius 3 is 2.68 bits per heavy atom. The summed E-state index contributed by atoms with van der Waals surface area (Å²) in [6, 6.07) is -0.633. The lowest BCUT2D eigenvalue weighted by Crippen LogP contribution is -2.66. The Labute approximate surface area is 113 Å². The van der Waals surface area contributed by atoms with E-state index in [2.05, 4.69) is 5.32 Å².